The minimum atomic E-state index is -0.255. The lowest BCUT2D eigenvalue weighted by Gasteiger charge is -2.16. The molecule has 0 spiro atoms. The van der Waals surface area contributed by atoms with Gasteiger partial charge in [-0.2, -0.15) is 0 Å². The van der Waals surface area contributed by atoms with Crippen molar-refractivity contribution in [2.24, 2.45) is 5.73 Å². The van der Waals surface area contributed by atoms with E-state index >= 15 is 0 Å². The van der Waals surface area contributed by atoms with E-state index in [1.807, 2.05) is 36.4 Å². The molecule has 5 heteroatoms. The molecule has 2 N–H and O–H groups in total. The number of ether oxygens (including phenoxy) is 1. The van der Waals surface area contributed by atoms with Crippen LogP contribution >= 0.6 is 43.5 Å². The molecule has 0 fully saturated rings. The van der Waals surface area contributed by atoms with Gasteiger partial charge < -0.3 is 10.5 Å². The smallest absolute Gasteiger partial charge is 0.133 e. The standard InChI is InChI=1S/C16H16Br2ClNO/c1-2-7-21-15-6-3-10(8-14(15)18)16(20)12-9-11(19)4-5-13(12)17/h3-6,8-9,16H,2,7,20H2,1H3. The average Bonchev–Trinajstić information content (AvgIpc) is 2.47. The van der Waals surface area contributed by atoms with Crippen LogP contribution in [0.5, 0.6) is 5.75 Å². The van der Waals surface area contributed by atoms with Gasteiger partial charge in [-0.3, -0.25) is 0 Å². The van der Waals surface area contributed by atoms with Crippen molar-refractivity contribution in [3.8, 4) is 5.75 Å². The Morgan fingerprint density at radius 2 is 1.90 bits per heavy atom. The van der Waals surface area contributed by atoms with E-state index in [0.29, 0.717) is 11.6 Å². The van der Waals surface area contributed by atoms with Crippen molar-refractivity contribution in [1.82, 2.24) is 0 Å². The van der Waals surface area contributed by atoms with Gasteiger partial charge in [0.15, 0.2) is 0 Å². The Bertz CT molecular complexity index is 634. The number of halogens is 3. The van der Waals surface area contributed by atoms with Crippen molar-refractivity contribution in [1.29, 1.82) is 0 Å². The zero-order valence-electron chi connectivity index (χ0n) is 11.6. The fourth-order valence-electron chi connectivity index (χ4n) is 1.97. The number of nitrogens with two attached hydrogens (primary N) is 1. The topological polar surface area (TPSA) is 35.2 Å². The molecule has 0 radical (unpaired) electrons. The molecule has 0 bridgehead atoms. The summed E-state index contributed by atoms with van der Waals surface area (Å²) in [6.45, 7) is 2.78. The van der Waals surface area contributed by atoms with Crippen molar-refractivity contribution in [2.45, 2.75) is 19.4 Å². The van der Waals surface area contributed by atoms with E-state index in [-0.39, 0.29) is 6.04 Å². The first-order chi connectivity index (χ1) is 10.0. The summed E-state index contributed by atoms with van der Waals surface area (Å²) >= 11 is 13.1. The summed E-state index contributed by atoms with van der Waals surface area (Å²) in [7, 11) is 0. The van der Waals surface area contributed by atoms with E-state index in [4.69, 9.17) is 22.1 Å². The minimum Gasteiger partial charge on any atom is -0.492 e. The van der Waals surface area contributed by atoms with Crippen LogP contribution < -0.4 is 10.5 Å². The zero-order chi connectivity index (χ0) is 15.4. The van der Waals surface area contributed by atoms with Gasteiger partial charge in [-0.25, -0.2) is 0 Å². The van der Waals surface area contributed by atoms with Crippen LogP contribution in [0.15, 0.2) is 45.3 Å². The van der Waals surface area contributed by atoms with Crippen LogP contribution in [-0.2, 0) is 0 Å². The molecule has 1 unspecified atom stereocenters. The maximum Gasteiger partial charge on any atom is 0.133 e. The van der Waals surface area contributed by atoms with E-state index in [0.717, 1.165) is 32.2 Å². The summed E-state index contributed by atoms with van der Waals surface area (Å²) in [6.07, 6.45) is 0.975. The van der Waals surface area contributed by atoms with Crippen molar-refractivity contribution in [3.63, 3.8) is 0 Å². The second-order valence-electron chi connectivity index (χ2n) is 4.68. The highest BCUT2D eigenvalue weighted by Crippen LogP contribution is 2.33. The molecule has 2 rings (SSSR count). The Labute approximate surface area is 146 Å². The second kappa shape index (κ2) is 7.63. The molecule has 0 aliphatic carbocycles. The first-order valence-corrected chi connectivity index (χ1v) is 8.62. The minimum absolute atomic E-state index is 0.255. The molecular weight excluding hydrogens is 417 g/mol. The van der Waals surface area contributed by atoms with Crippen LogP contribution in [0.2, 0.25) is 5.02 Å². The highest BCUT2D eigenvalue weighted by atomic mass is 79.9. The summed E-state index contributed by atoms with van der Waals surface area (Å²) in [5.41, 5.74) is 8.30. The molecule has 2 aromatic rings. The fourth-order valence-corrected chi connectivity index (χ4v) is 3.16. The van der Waals surface area contributed by atoms with E-state index in [9.17, 15) is 0 Å². The zero-order valence-corrected chi connectivity index (χ0v) is 15.5. The number of hydrogen-bond acceptors (Lipinski definition) is 2. The average molecular weight is 434 g/mol. The SMILES string of the molecule is CCCOc1ccc(C(N)c2cc(Cl)ccc2Br)cc1Br. The third-order valence-electron chi connectivity index (χ3n) is 3.07. The lowest BCUT2D eigenvalue weighted by Crippen LogP contribution is -2.12. The van der Waals surface area contributed by atoms with Gasteiger partial charge in [0.1, 0.15) is 5.75 Å². The Balaban J connectivity index is 2.29. The Hall–Kier alpha value is -0.550. The maximum atomic E-state index is 6.35. The van der Waals surface area contributed by atoms with E-state index in [1.165, 1.54) is 0 Å². The molecule has 0 heterocycles. The summed E-state index contributed by atoms with van der Waals surface area (Å²) in [5, 5.41) is 0.672. The second-order valence-corrected chi connectivity index (χ2v) is 6.83. The molecule has 0 saturated heterocycles. The van der Waals surface area contributed by atoms with Gasteiger partial charge in [-0.05, 0) is 63.8 Å². The van der Waals surface area contributed by atoms with Gasteiger partial charge >= 0.3 is 0 Å². The van der Waals surface area contributed by atoms with Gasteiger partial charge in [0.2, 0.25) is 0 Å². The Morgan fingerprint density at radius 1 is 1.14 bits per heavy atom. The summed E-state index contributed by atoms with van der Waals surface area (Å²) < 4.78 is 7.50. The van der Waals surface area contributed by atoms with Crippen LogP contribution in [0.3, 0.4) is 0 Å². The first-order valence-electron chi connectivity index (χ1n) is 6.65. The van der Waals surface area contributed by atoms with Gasteiger partial charge in [-0.1, -0.05) is 40.5 Å². The molecular formula is C16H16Br2ClNO. The number of hydrogen-bond donors (Lipinski definition) is 1. The summed E-state index contributed by atoms with van der Waals surface area (Å²) in [5.74, 6) is 0.831. The van der Waals surface area contributed by atoms with Crippen LogP contribution in [0.1, 0.15) is 30.5 Å². The van der Waals surface area contributed by atoms with Crippen LogP contribution in [0.25, 0.3) is 0 Å². The third-order valence-corrected chi connectivity index (χ3v) is 4.65. The van der Waals surface area contributed by atoms with Crippen LogP contribution in [0.4, 0.5) is 0 Å². The highest BCUT2D eigenvalue weighted by Gasteiger charge is 2.14. The van der Waals surface area contributed by atoms with Crippen molar-refractivity contribution < 1.29 is 4.74 Å². The molecule has 1 atom stereocenters. The summed E-state index contributed by atoms with van der Waals surface area (Å²) in [6, 6.07) is 11.3. The van der Waals surface area contributed by atoms with Crippen LogP contribution in [-0.4, -0.2) is 6.61 Å². The number of rotatable bonds is 5. The van der Waals surface area contributed by atoms with E-state index in [1.54, 1.807) is 0 Å². The first kappa shape index (κ1) is 16.8. The molecule has 112 valence electrons. The monoisotopic (exact) mass is 431 g/mol. The molecule has 0 aromatic heterocycles. The summed E-state index contributed by atoms with van der Waals surface area (Å²) in [4.78, 5) is 0. The lowest BCUT2D eigenvalue weighted by atomic mass is 9.99. The lowest BCUT2D eigenvalue weighted by molar-refractivity contribution is 0.315. The molecule has 0 aliphatic rings. The molecule has 2 aromatic carbocycles. The predicted octanol–water partition coefficient (Wildman–Crippen LogP) is 5.70. The van der Waals surface area contributed by atoms with Crippen LogP contribution in [0, 0.1) is 0 Å². The van der Waals surface area contributed by atoms with E-state index in [2.05, 4.69) is 38.8 Å². The maximum absolute atomic E-state index is 6.35. The third kappa shape index (κ3) is 4.22. The van der Waals surface area contributed by atoms with Gasteiger partial charge in [0, 0.05) is 9.50 Å². The van der Waals surface area contributed by atoms with Gasteiger partial charge in [-0.15, -0.1) is 0 Å². The molecule has 0 saturated carbocycles. The Kier molecular flexibility index (Phi) is 6.11. The van der Waals surface area contributed by atoms with Gasteiger partial charge in [0.25, 0.3) is 0 Å². The van der Waals surface area contributed by atoms with Crippen molar-refractivity contribution >= 4 is 43.5 Å². The van der Waals surface area contributed by atoms with Gasteiger partial charge in [0.05, 0.1) is 17.1 Å². The predicted molar refractivity (Wildman–Crippen MR) is 95.1 cm³/mol. The molecule has 0 amide bonds. The van der Waals surface area contributed by atoms with Crippen molar-refractivity contribution in [2.75, 3.05) is 6.61 Å². The fraction of sp³-hybridized carbons (Fsp3) is 0.250. The number of benzene rings is 2. The Morgan fingerprint density at radius 3 is 2.57 bits per heavy atom. The van der Waals surface area contributed by atoms with Crippen molar-refractivity contribution in [3.05, 3.63) is 61.5 Å². The normalized spacial score (nSPS) is 12.2. The molecule has 21 heavy (non-hydrogen) atoms. The largest absolute Gasteiger partial charge is 0.492 e. The highest BCUT2D eigenvalue weighted by molar-refractivity contribution is 9.10. The van der Waals surface area contributed by atoms with E-state index < -0.39 is 0 Å². The molecule has 2 nitrogen and oxygen atoms in total. The quantitative estimate of drug-likeness (QED) is 0.656. The molecule has 0 aliphatic heterocycles.